The Balaban J connectivity index is 1.50. The summed E-state index contributed by atoms with van der Waals surface area (Å²) in [6, 6.07) is 13.4. The average Bonchev–Trinajstić information content (AvgIpc) is 3.17. The van der Waals surface area contributed by atoms with Gasteiger partial charge in [-0.05, 0) is 42.5 Å². The quantitative estimate of drug-likeness (QED) is 0.678. The van der Waals surface area contributed by atoms with Gasteiger partial charge in [0.2, 0.25) is 0 Å². The second-order valence-electron chi connectivity index (χ2n) is 7.05. The van der Waals surface area contributed by atoms with E-state index in [1.54, 1.807) is 12.4 Å². The Hall–Kier alpha value is -3.48. The van der Waals surface area contributed by atoms with Crippen molar-refractivity contribution in [3.8, 4) is 0 Å². The molecular weight excluding hydrogens is 366 g/mol. The van der Waals surface area contributed by atoms with Crippen LogP contribution in [0.1, 0.15) is 50.8 Å². The lowest BCUT2D eigenvalue weighted by Crippen LogP contribution is -2.27. The molecule has 0 fully saturated rings. The lowest BCUT2D eigenvalue weighted by atomic mass is 10.1. The fraction of sp³-hybridized carbons (Fsp3) is 0.273. The molecule has 2 amide bonds. The van der Waals surface area contributed by atoms with Crippen LogP contribution in [0.4, 0.5) is 0 Å². The van der Waals surface area contributed by atoms with Crippen molar-refractivity contribution in [1.82, 2.24) is 25.2 Å². The highest BCUT2D eigenvalue weighted by molar-refractivity contribution is 5.97. The van der Waals surface area contributed by atoms with Crippen LogP contribution in [0.15, 0.2) is 54.9 Å². The van der Waals surface area contributed by atoms with Gasteiger partial charge in [0.1, 0.15) is 5.69 Å². The Morgan fingerprint density at radius 2 is 1.59 bits per heavy atom. The van der Waals surface area contributed by atoms with E-state index in [1.165, 1.54) is 0 Å². The molecule has 1 aromatic carbocycles. The smallest absolute Gasteiger partial charge is 0.287 e. The van der Waals surface area contributed by atoms with Gasteiger partial charge in [0.25, 0.3) is 11.8 Å². The van der Waals surface area contributed by atoms with Crippen molar-refractivity contribution in [3.63, 3.8) is 0 Å². The average molecular weight is 389 g/mol. The standard InChI is InChI=1S/C22H23N5O2/c28-21(24-14-16-6-2-1-3-7-16)19-18-8-4-5-13-27(18)20(26-19)22(29)25-15-17-9-11-23-12-10-17/h1-3,6-7,9-12H,4-5,8,13-15H2,(H,24,28)(H,25,29). The number of imidazole rings is 1. The number of aromatic nitrogens is 3. The van der Waals surface area contributed by atoms with Gasteiger partial charge in [-0.1, -0.05) is 30.3 Å². The molecule has 2 aromatic heterocycles. The van der Waals surface area contributed by atoms with Crippen LogP contribution in [-0.4, -0.2) is 26.3 Å². The van der Waals surface area contributed by atoms with E-state index in [0.717, 1.165) is 36.1 Å². The monoisotopic (exact) mass is 389 g/mol. The van der Waals surface area contributed by atoms with E-state index in [2.05, 4.69) is 20.6 Å². The summed E-state index contributed by atoms with van der Waals surface area (Å²) in [7, 11) is 0. The molecule has 0 bridgehead atoms. The van der Waals surface area contributed by atoms with Crippen LogP contribution >= 0.6 is 0 Å². The summed E-state index contributed by atoms with van der Waals surface area (Å²) in [4.78, 5) is 34.0. The lowest BCUT2D eigenvalue weighted by Gasteiger charge is -2.17. The zero-order valence-corrected chi connectivity index (χ0v) is 16.1. The Morgan fingerprint density at radius 1 is 0.897 bits per heavy atom. The first-order valence-corrected chi connectivity index (χ1v) is 9.81. The molecule has 0 aliphatic carbocycles. The normalized spacial score (nSPS) is 12.8. The van der Waals surface area contributed by atoms with Crippen LogP contribution in [0.5, 0.6) is 0 Å². The molecule has 0 unspecified atom stereocenters. The van der Waals surface area contributed by atoms with Crippen molar-refractivity contribution in [3.05, 3.63) is 83.2 Å². The van der Waals surface area contributed by atoms with E-state index in [4.69, 9.17) is 0 Å². The molecule has 0 atom stereocenters. The minimum atomic E-state index is -0.271. The van der Waals surface area contributed by atoms with E-state index < -0.39 is 0 Å². The van der Waals surface area contributed by atoms with E-state index in [9.17, 15) is 9.59 Å². The summed E-state index contributed by atoms with van der Waals surface area (Å²) in [5.74, 6) is -0.210. The summed E-state index contributed by atoms with van der Waals surface area (Å²) in [5, 5.41) is 5.82. The molecule has 7 nitrogen and oxygen atoms in total. The molecule has 4 rings (SSSR count). The molecule has 2 N–H and O–H groups in total. The van der Waals surface area contributed by atoms with Crippen molar-refractivity contribution in [2.24, 2.45) is 0 Å². The van der Waals surface area contributed by atoms with Crippen LogP contribution < -0.4 is 10.6 Å². The highest BCUT2D eigenvalue weighted by Crippen LogP contribution is 2.21. The molecule has 7 heteroatoms. The second-order valence-corrected chi connectivity index (χ2v) is 7.05. The number of nitrogens with zero attached hydrogens (tertiary/aromatic N) is 3. The number of hydrogen-bond acceptors (Lipinski definition) is 4. The minimum absolute atomic E-state index is 0.243. The van der Waals surface area contributed by atoms with Gasteiger partial charge in [-0.3, -0.25) is 14.6 Å². The Labute approximate surface area is 169 Å². The Bertz CT molecular complexity index is 919. The summed E-state index contributed by atoms with van der Waals surface area (Å²) >= 11 is 0. The van der Waals surface area contributed by atoms with Gasteiger partial charge in [-0.25, -0.2) is 4.98 Å². The third-order valence-electron chi connectivity index (χ3n) is 5.03. The van der Waals surface area contributed by atoms with Crippen molar-refractivity contribution >= 4 is 11.8 Å². The molecule has 0 saturated carbocycles. The maximum absolute atomic E-state index is 12.8. The number of amides is 2. The summed E-state index contributed by atoms with van der Waals surface area (Å²) < 4.78 is 1.89. The molecular formula is C22H23N5O2. The van der Waals surface area contributed by atoms with Gasteiger partial charge in [0.15, 0.2) is 5.82 Å². The highest BCUT2D eigenvalue weighted by Gasteiger charge is 2.27. The van der Waals surface area contributed by atoms with Gasteiger partial charge in [0, 0.05) is 32.0 Å². The van der Waals surface area contributed by atoms with Crippen molar-refractivity contribution in [2.45, 2.75) is 38.9 Å². The van der Waals surface area contributed by atoms with Crippen LogP contribution in [-0.2, 0) is 26.1 Å². The first-order chi connectivity index (χ1) is 14.2. The highest BCUT2D eigenvalue weighted by atomic mass is 16.2. The van der Waals surface area contributed by atoms with Crippen molar-refractivity contribution in [2.75, 3.05) is 0 Å². The number of pyridine rings is 1. The zero-order chi connectivity index (χ0) is 20.1. The van der Waals surface area contributed by atoms with E-state index in [-0.39, 0.29) is 11.8 Å². The second kappa shape index (κ2) is 8.68. The first kappa shape index (κ1) is 18.9. The molecule has 3 heterocycles. The molecule has 0 radical (unpaired) electrons. The van der Waals surface area contributed by atoms with Crippen LogP contribution in [0.3, 0.4) is 0 Å². The minimum Gasteiger partial charge on any atom is -0.347 e. The largest absolute Gasteiger partial charge is 0.347 e. The zero-order valence-electron chi connectivity index (χ0n) is 16.1. The topological polar surface area (TPSA) is 88.9 Å². The van der Waals surface area contributed by atoms with Crippen LogP contribution in [0, 0.1) is 0 Å². The Morgan fingerprint density at radius 3 is 2.34 bits per heavy atom. The fourth-order valence-electron chi connectivity index (χ4n) is 3.52. The number of benzene rings is 1. The predicted octanol–water partition coefficient (Wildman–Crippen LogP) is 2.47. The Kier molecular flexibility index (Phi) is 5.65. The third kappa shape index (κ3) is 4.34. The van der Waals surface area contributed by atoms with Crippen molar-refractivity contribution < 1.29 is 9.59 Å². The first-order valence-electron chi connectivity index (χ1n) is 9.81. The molecule has 1 aliphatic heterocycles. The summed E-state index contributed by atoms with van der Waals surface area (Å²) in [6.45, 7) is 1.51. The number of nitrogens with one attached hydrogen (secondary N) is 2. The SMILES string of the molecule is O=C(NCc1ccccc1)c1nc(C(=O)NCc2ccncc2)n2c1CCCC2. The number of carbonyl (C=O) groups excluding carboxylic acids is 2. The molecule has 29 heavy (non-hydrogen) atoms. The van der Waals surface area contributed by atoms with Crippen LogP contribution in [0.2, 0.25) is 0 Å². The number of hydrogen-bond donors (Lipinski definition) is 2. The van der Waals surface area contributed by atoms with E-state index >= 15 is 0 Å². The number of fused-ring (bicyclic) bond motifs is 1. The lowest BCUT2D eigenvalue weighted by molar-refractivity contribution is 0.0935. The number of carbonyl (C=O) groups is 2. The fourth-order valence-corrected chi connectivity index (χ4v) is 3.52. The van der Waals surface area contributed by atoms with E-state index in [1.807, 2.05) is 47.0 Å². The summed E-state index contributed by atoms with van der Waals surface area (Å²) in [5.41, 5.74) is 3.18. The molecule has 0 spiro atoms. The van der Waals surface area contributed by atoms with E-state index in [0.29, 0.717) is 31.2 Å². The summed E-state index contributed by atoms with van der Waals surface area (Å²) in [6.07, 6.45) is 6.09. The maximum Gasteiger partial charge on any atom is 0.287 e. The number of rotatable bonds is 6. The molecule has 1 aliphatic rings. The molecule has 0 saturated heterocycles. The molecule has 148 valence electrons. The van der Waals surface area contributed by atoms with Gasteiger partial charge in [-0.15, -0.1) is 0 Å². The van der Waals surface area contributed by atoms with Crippen molar-refractivity contribution in [1.29, 1.82) is 0 Å². The van der Waals surface area contributed by atoms with Gasteiger partial charge >= 0.3 is 0 Å². The van der Waals surface area contributed by atoms with Gasteiger partial charge in [0.05, 0.1) is 5.69 Å². The predicted molar refractivity (Wildman–Crippen MR) is 108 cm³/mol. The maximum atomic E-state index is 12.8. The van der Waals surface area contributed by atoms with Crippen LogP contribution in [0.25, 0.3) is 0 Å². The third-order valence-corrected chi connectivity index (χ3v) is 5.03. The van der Waals surface area contributed by atoms with Gasteiger partial charge in [-0.2, -0.15) is 0 Å². The van der Waals surface area contributed by atoms with Gasteiger partial charge < -0.3 is 15.2 Å². The molecule has 3 aromatic rings.